The molecule has 9 heteroatoms. The molecule has 0 fully saturated rings. The van der Waals surface area contributed by atoms with E-state index in [-0.39, 0.29) is 37.7 Å². The Hall–Kier alpha value is 0.615. The number of phosphoric ester groups is 1. The van der Waals surface area contributed by atoms with E-state index in [9.17, 15) is 19.1 Å². The fraction of sp³-hybridized carbons (Fsp3) is 0. The third kappa shape index (κ3) is 15.8. The third-order valence-corrected chi connectivity index (χ3v) is 0.605. The largest absolute Gasteiger partial charge is 1.00 e. The van der Waals surface area contributed by atoms with Crippen molar-refractivity contribution in [3.63, 3.8) is 0 Å². The van der Waals surface area contributed by atoms with E-state index >= 15 is 0 Å². The number of amides is 1. The fourth-order valence-electron chi connectivity index (χ4n) is 0.110. The number of carbonyl (C=O) groups is 1. The molecule has 0 atom stereocenters. The van der Waals surface area contributed by atoms with E-state index in [1.165, 1.54) is 0 Å². The second kappa shape index (κ2) is 6.33. The van der Waals surface area contributed by atoms with Crippen molar-refractivity contribution in [2.75, 3.05) is 0 Å². The molecule has 0 saturated carbocycles. The standard InChI is InChI=1S/CH4NO5P.2Li/c2-1(3)7-8(4,5)6;;/h(H2,2,3)(H2,4,5,6);;/q;2*+1/p-2. The fourth-order valence-corrected chi connectivity index (χ4v) is 0.331. The van der Waals surface area contributed by atoms with Gasteiger partial charge in [0.15, 0.2) is 0 Å². The summed E-state index contributed by atoms with van der Waals surface area (Å²) in [6.45, 7) is 0. The van der Waals surface area contributed by atoms with E-state index in [1.807, 2.05) is 0 Å². The van der Waals surface area contributed by atoms with Gasteiger partial charge in [-0.1, -0.05) is 0 Å². The Morgan fingerprint density at radius 3 is 1.70 bits per heavy atom. The molecule has 0 aromatic carbocycles. The van der Waals surface area contributed by atoms with Crippen LogP contribution in [0.2, 0.25) is 0 Å². The predicted octanol–water partition coefficient (Wildman–Crippen LogP) is -8.08. The van der Waals surface area contributed by atoms with Crippen molar-refractivity contribution in [3.05, 3.63) is 0 Å². The molecule has 0 rings (SSSR count). The predicted molar refractivity (Wildman–Crippen MR) is 18.3 cm³/mol. The van der Waals surface area contributed by atoms with Gasteiger partial charge in [0.25, 0.3) is 0 Å². The van der Waals surface area contributed by atoms with Gasteiger partial charge >= 0.3 is 43.8 Å². The number of hydrogen-bond donors (Lipinski definition) is 1. The van der Waals surface area contributed by atoms with Gasteiger partial charge in [-0.3, -0.25) is 0 Å². The Morgan fingerprint density at radius 1 is 1.40 bits per heavy atom. The van der Waals surface area contributed by atoms with Crippen LogP contribution in [-0.2, 0) is 9.09 Å². The molecule has 0 bridgehead atoms. The molecule has 0 spiro atoms. The minimum atomic E-state index is -5.20. The van der Waals surface area contributed by atoms with E-state index in [0.29, 0.717) is 0 Å². The Balaban J connectivity index is -0.000000245. The van der Waals surface area contributed by atoms with Crippen molar-refractivity contribution >= 4 is 13.9 Å². The Bertz CT molecular complexity index is 143. The molecule has 0 radical (unpaired) electrons. The van der Waals surface area contributed by atoms with E-state index in [2.05, 4.69) is 10.3 Å². The van der Waals surface area contributed by atoms with Gasteiger partial charge in [0.05, 0.1) is 0 Å². The van der Waals surface area contributed by atoms with Gasteiger partial charge in [-0.15, -0.1) is 0 Å². The summed E-state index contributed by atoms with van der Waals surface area (Å²) in [5, 5.41) is 0. The first-order chi connectivity index (χ1) is 3.42. The average molecular weight is 153 g/mol. The summed E-state index contributed by atoms with van der Waals surface area (Å²) in [7, 11) is -5.20. The van der Waals surface area contributed by atoms with Gasteiger partial charge in [0.2, 0.25) is 0 Å². The van der Waals surface area contributed by atoms with Crippen LogP contribution in [0.1, 0.15) is 0 Å². The molecular weight excluding hydrogens is 151 g/mol. The van der Waals surface area contributed by atoms with Crippen molar-refractivity contribution in [1.82, 2.24) is 0 Å². The topological polar surface area (TPSA) is 116 Å². The second-order valence-electron chi connectivity index (χ2n) is 0.858. The van der Waals surface area contributed by atoms with E-state index in [4.69, 9.17) is 0 Å². The van der Waals surface area contributed by atoms with Crippen molar-refractivity contribution in [2.24, 2.45) is 5.73 Å². The van der Waals surface area contributed by atoms with Gasteiger partial charge < -0.3 is 24.6 Å². The van der Waals surface area contributed by atoms with Crippen molar-refractivity contribution < 1.29 is 61.4 Å². The molecule has 10 heavy (non-hydrogen) atoms. The molecule has 0 aliphatic heterocycles. The minimum absolute atomic E-state index is 0. The van der Waals surface area contributed by atoms with Crippen LogP contribution in [0.3, 0.4) is 0 Å². The third-order valence-electron chi connectivity index (χ3n) is 0.202. The van der Waals surface area contributed by atoms with Crippen LogP contribution in [0.25, 0.3) is 0 Å². The molecule has 0 aromatic rings. The second-order valence-corrected chi connectivity index (χ2v) is 1.93. The first-order valence-corrected chi connectivity index (χ1v) is 2.89. The number of primary amides is 1. The zero-order valence-corrected chi connectivity index (χ0v) is 6.46. The van der Waals surface area contributed by atoms with E-state index in [0.717, 1.165) is 0 Å². The molecule has 0 unspecified atom stereocenters. The quantitative estimate of drug-likeness (QED) is 0.296. The first kappa shape index (κ1) is 16.9. The Kier molecular flexibility index (Phi) is 10.7. The summed E-state index contributed by atoms with van der Waals surface area (Å²) < 4.78 is 12.4. The van der Waals surface area contributed by atoms with E-state index < -0.39 is 13.9 Å². The summed E-state index contributed by atoms with van der Waals surface area (Å²) in [5.74, 6) is 0. The molecule has 0 heterocycles. The molecular formula is CH2Li2NO5P. The maximum atomic E-state index is 9.44. The van der Waals surface area contributed by atoms with E-state index in [1.54, 1.807) is 0 Å². The van der Waals surface area contributed by atoms with Gasteiger partial charge in [-0.2, -0.15) is 0 Å². The molecule has 0 aliphatic carbocycles. The van der Waals surface area contributed by atoms with Crippen LogP contribution in [0.15, 0.2) is 0 Å². The molecule has 1 amide bonds. The van der Waals surface area contributed by atoms with Gasteiger partial charge in [-0.05, 0) is 0 Å². The van der Waals surface area contributed by atoms with Crippen LogP contribution in [0.5, 0.6) is 0 Å². The van der Waals surface area contributed by atoms with Crippen LogP contribution >= 0.6 is 7.82 Å². The van der Waals surface area contributed by atoms with Crippen LogP contribution < -0.4 is 53.2 Å². The monoisotopic (exact) mass is 153 g/mol. The normalized spacial score (nSPS) is 8.60. The van der Waals surface area contributed by atoms with Crippen LogP contribution in [0.4, 0.5) is 4.79 Å². The zero-order valence-electron chi connectivity index (χ0n) is 5.57. The molecule has 0 aliphatic rings. The number of phosphoric acid groups is 1. The summed E-state index contributed by atoms with van der Waals surface area (Å²) in [6, 6.07) is 0. The van der Waals surface area contributed by atoms with Gasteiger partial charge in [-0.25, -0.2) is 4.79 Å². The van der Waals surface area contributed by atoms with Gasteiger partial charge in [0, 0.05) is 0 Å². The summed E-state index contributed by atoms with van der Waals surface area (Å²) in [6.07, 6.45) is -1.61. The first-order valence-electron chi connectivity index (χ1n) is 1.43. The summed E-state index contributed by atoms with van der Waals surface area (Å²) in [4.78, 5) is 28.2. The zero-order chi connectivity index (χ0) is 6.78. The number of nitrogens with two attached hydrogens (primary N) is 1. The Morgan fingerprint density at radius 2 is 1.70 bits per heavy atom. The molecule has 0 aromatic heterocycles. The molecule has 2 N–H and O–H groups in total. The SMILES string of the molecule is NC(=O)OP(=O)([O-])[O-].[Li+].[Li+]. The van der Waals surface area contributed by atoms with Crippen molar-refractivity contribution in [2.45, 2.75) is 0 Å². The molecule has 48 valence electrons. The maximum Gasteiger partial charge on any atom is 1.00 e. The smallest absolute Gasteiger partial charge is 0.780 e. The number of carbonyl (C=O) groups excluding carboxylic acids is 1. The minimum Gasteiger partial charge on any atom is -0.780 e. The summed E-state index contributed by atoms with van der Waals surface area (Å²) >= 11 is 0. The number of rotatable bonds is 1. The van der Waals surface area contributed by atoms with Crippen molar-refractivity contribution in [3.8, 4) is 0 Å². The van der Waals surface area contributed by atoms with Crippen LogP contribution in [0, 0.1) is 0 Å². The molecule has 0 saturated heterocycles. The maximum absolute atomic E-state index is 9.44. The van der Waals surface area contributed by atoms with Crippen molar-refractivity contribution in [1.29, 1.82) is 0 Å². The number of hydrogen-bond acceptors (Lipinski definition) is 5. The molecule has 6 nitrogen and oxygen atoms in total. The Labute approximate surface area is 81.1 Å². The van der Waals surface area contributed by atoms with Gasteiger partial charge in [0.1, 0.15) is 7.82 Å². The van der Waals surface area contributed by atoms with Crippen LogP contribution in [-0.4, -0.2) is 6.09 Å². The summed E-state index contributed by atoms with van der Waals surface area (Å²) in [5.41, 5.74) is 4.15. The average Bonchev–Trinajstić information content (AvgIpc) is 1.21.